The van der Waals surface area contributed by atoms with Gasteiger partial charge in [-0.15, -0.1) is 0 Å². The fourth-order valence-corrected chi connectivity index (χ4v) is 6.36. The third kappa shape index (κ3) is 4.25. The van der Waals surface area contributed by atoms with Gasteiger partial charge in [0.25, 0.3) is 5.91 Å². The van der Waals surface area contributed by atoms with Gasteiger partial charge in [-0.3, -0.25) is 14.4 Å². The number of rotatable bonds is 6. The Balaban J connectivity index is 1.70. The predicted octanol–water partition coefficient (Wildman–Crippen LogP) is 4.73. The molecule has 10 heteroatoms. The van der Waals surface area contributed by atoms with Crippen LogP contribution in [-0.4, -0.2) is 59.3 Å². The second-order valence-corrected chi connectivity index (χ2v) is 10.6. The zero-order chi connectivity index (χ0) is 27.2. The number of anilines is 1. The van der Waals surface area contributed by atoms with Crippen LogP contribution in [0.2, 0.25) is 10.0 Å². The average molecular weight is 555 g/mol. The topological polar surface area (TPSA) is 91.3 Å². The molecule has 1 fully saturated rings. The van der Waals surface area contributed by atoms with Gasteiger partial charge in [0.1, 0.15) is 24.4 Å². The van der Waals surface area contributed by atoms with Crippen molar-refractivity contribution in [2.24, 2.45) is 5.10 Å². The van der Waals surface area contributed by atoms with E-state index in [1.807, 2.05) is 36.1 Å². The Hall–Kier alpha value is -3.36. The summed E-state index contributed by atoms with van der Waals surface area (Å²) in [5.41, 5.74) is 2.05. The van der Waals surface area contributed by atoms with Crippen molar-refractivity contribution in [1.29, 1.82) is 0 Å². The monoisotopic (exact) mass is 554 g/mol. The van der Waals surface area contributed by atoms with Crippen LogP contribution < -0.4 is 5.32 Å². The largest absolute Gasteiger partial charge is 0.464 e. The number of nitrogens with one attached hydrogen (secondary N) is 1. The normalized spacial score (nSPS) is 24.1. The highest BCUT2D eigenvalue weighted by Crippen LogP contribution is 2.57. The Bertz CT molecular complexity index is 1380. The quantitative estimate of drug-likeness (QED) is 0.411. The van der Waals surface area contributed by atoms with Gasteiger partial charge in [-0.1, -0.05) is 60.5 Å². The first-order chi connectivity index (χ1) is 18.2. The summed E-state index contributed by atoms with van der Waals surface area (Å²) >= 11 is 12.7. The maximum Gasteiger partial charge on any atom is 0.302 e. The van der Waals surface area contributed by atoms with E-state index >= 15 is 0 Å². The molecule has 3 heterocycles. The molecular formula is C28H28Cl2N4O4. The third-order valence-corrected chi connectivity index (χ3v) is 8.06. The Kier molecular flexibility index (Phi) is 6.96. The van der Waals surface area contributed by atoms with Crippen LogP contribution >= 0.6 is 23.2 Å². The summed E-state index contributed by atoms with van der Waals surface area (Å²) in [5.74, 6) is -0.549. The summed E-state index contributed by atoms with van der Waals surface area (Å²) in [6.45, 7) is 7.89. The Morgan fingerprint density at radius 1 is 1.21 bits per heavy atom. The molecule has 1 saturated heterocycles. The number of esters is 1. The second kappa shape index (κ2) is 10.1. The lowest BCUT2D eigenvalue weighted by molar-refractivity contribution is -0.144. The van der Waals surface area contributed by atoms with Crippen LogP contribution in [0.15, 0.2) is 59.7 Å². The zero-order valence-electron chi connectivity index (χ0n) is 21.2. The number of hydrogen-bond donors (Lipinski definition) is 1. The molecule has 3 atom stereocenters. The molecular weight excluding hydrogens is 527 g/mol. The molecule has 8 nitrogen and oxygen atoms in total. The molecule has 3 aliphatic rings. The minimum Gasteiger partial charge on any atom is -0.464 e. The van der Waals surface area contributed by atoms with Crippen molar-refractivity contribution < 1.29 is 19.1 Å². The number of carbonyl (C=O) groups is 3. The van der Waals surface area contributed by atoms with Crippen molar-refractivity contribution >= 4 is 52.5 Å². The van der Waals surface area contributed by atoms with Gasteiger partial charge in [0.2, 0.25) is 5.91 Å². The Labute approximate surface area is 231 Å². The Morgan fingerprint density at radius 3 is 2.68 bits per heavy atom. The van der Waals surface area contributed by atoms with Crippen molar-refractivity contribution in [3.63, 3.8) is 0 Å². The van der Waals surface area contributed by atoms with Crippen LogP contribution in [0.4, 0.5) is 5.69 Å². The van der Waals surface area contributed by atoms with Crippen molar-refractivity contribution in [3.05, 3.63) is 75.8 Å². The second-order valence-electron chi connectivity index (χ2n) is 9.74. The van der Waals surface area contributed by atoms with E-state index in [0.717, 1.165) is 16.7 Å². The number of hydrogen-bond acceptors (Lipinski definition) is 6. The van der Waals surface area contributed by atoms with Crippen LogP contribution in [0, 0.1) is 0 Å². The first-order valence-electron chi connectivity index (χ1n) is 12.5. The van der Waals surface area contributed by atoms with Crippen molar-refractivity contribution in [3.8, 4) is 0 Å². The van der Waals surface area contributed by atoms with E-state index in [-0.39, 0.29) is 37.4 Å². The lowest BCUT2D eigenvalue weighted by Gasteiger charge is -2.54. The zero-order valence-corrected chi connectivity index (χ0v) is 22.7. The number of benzene rings is 2. The fourth-order valence-electron chi connectivity index (χ4n) is 5.99. The van der Waals surface area contributed by atoms with E-state index in [0.29, 0.717) is 34.4 Å². The first kappa shape index (κ1) is 26.3. The molecule has 0 radical (unpaired) electrons. The summed E-state index contributed by atoms with van der Waals surface area (Å²) in [5, 5.41) is 10.2. The molecule has 1 spiro atoms. The van der Waals surface area contributed by atoms with Crippen LogP contribution in [0.5, 0.6) is 0 Å². The lowest BCUT2D eigenvalue weighted by Crippen LogP contribution is -2.66. The number of fused-ring (bicyclic) bond motifs is 3. The molecule has 1 N–H and O–H groups in total. The number of amidine groups is 1. The summed E-state index contributed by atoms with van der Waals surface area (Å²) < 4.78 is 5.04. The molecule has 5 rings (SSSR count). The predicted molar refractivity (Wildman–Crippen MR) is 146 cm³/mol. The molecule has 2 aromatic rings. The number of nitrogens with zero attached hydrogens (tertiary/aromatic N) is 3. The van der Waals surface area contributed by atoms with Gasteiger partial charge in [-0.2, -0.15) is 5.10 Å². The highest BCUT2D eigenvalue weighted by atomic mass is 35.5. The maximum atomic E-state index is 14.2. The first-order valence-corrected chi connectivity index (χ1v) is 13.2. The molecule has 2 aromatic carbocycles. The molecule has 0 aromatic heterocycles. The highest BCUT2D eigenvalue weighted by Gasteiger charge is 2.63. The van der Waals surface area contributed by atoms with Gasteiger partial charge in [0, 0.05) is 35.0 Å². The van der Waals surface area contributed by atoms with Gasteiger partial charge in [-0.05, 0) is 41.8 Å². The number of hydrazone groups is 1. The molecule has 2 amide bonds. The molecule has 38 heavy (non-hydrogen) atoms. The molecule has 3 unspecified atom stereocenters. The number of carbonyl (C=O) groups excluding carboxylic acids is 3. The van der Waals surface area contributed by atoms with Gasteiger partial charge in [0.15, 0.2) is 0 Å². The van der Waals surface area contributed by atoms with E-state index in [1.54, 1.807) is 18.2 Å². The maximum absolute atomic E-state index is 14.2. The van der Waals surface area contributed by atoms with E-state index in [2.05, 4.69) is 11.9 Å². The van der Waals surface area contributed by atoms with Crippen LogP contribution in [0.3, 0.4) is 0 Å². The molecule has 0 aliphatic carbocycles. The van der Waals surface area contributed by atoms with Gasteiger partial charge < -0.3 is 15.0 Å². The number of halogens is 2. The minimum absolute atomic E-state index is 0.0167. The highest BCUT2D eigenvalue weighted by molar-refractivity contribution is 6.31. The van der Waals surface area contributed by atoms with Gasteiger partial charge in [0.05, 0.1) is 12.6 Å². The van der Waals surface area contributed by atoms with E-state index in [9.17, 15) is 14.4 Å². The van der Waals surface area contributed by atoms with E-state index < -0.39 is 17.4 Å². The van der Waals surface area contributed by atoms with Crippen LogP contribution in [0.1, 0.15) is 43.7 Å². The number of ether oxygens (including phenoxy) is 1. The van der Waals surface area contributed by atoms with E-state index in [1.165, 1.54) is 11.9 Å². The Morgan fingerprint density at radius 2 is 1.97 bits per heavy atom. The SMILES string of the molecule is C=C(CC)C1N2CC(=O)N(CCOC(C)=O)N=C2CC(c2cccc(Cl)c2)C12C(=O)Nc1cc(Cl)ccc12. The fraction of sp³-hybridized carbons (Fsp3) is 0.357. The lowest BCUT2D eigenvalue weighted by atomic mass is 9.58. The third-order valence-electron chi connectivity index (χ3n) is 7.59. The standard InChI is InChI=1S/C28H28Cl2N4O4/c1-4-16(2)26-28(21-9-8-20(30)13-23(21)31-27(28)37)22(18-6-5-7-19(29)12-18)14-24-32-34(10-11-38-17(3)35)25(36)15-33(24)26/h5-9,12-13,22,26H,2,4,10-11,14-15H2,1,3H3,(H,31,37). The van der Waals surface area contributed by atoms with E-state index in [4.69, 9.17) is 33.0 Å². The van der Waals surface area contributed by atoms with Crippen molar-refractivity contribution in [2.75, 3.05) is 25.0 Å². The van der Waals surface area contributed by atoms with Crippen LogP contribution in [0.25, 0.3) is 0 Å². The van der Waals surface area contributed by atoms with Gasteiger partial charge >= 0.3 is 5.97 Å². The van der Waals surface area contributed by atoms with Gasteiger partial charge in [-0.25, -0.2) is 5.01 Å². The van der Waals surface area contributed by atoms with Crippen molar-refractivity contribution in [1.82, 2.24) is 9.91 Å². The molecule has 0 bridgehead atoms. The summed E-state index contributed by atoms with van der Waals surface area (Å²) in [6, 6.07) is 12.4. The summed E-state index contributed by atoms with van der Waals surface area (Å²) in [7, 11) is 0. The minimum atomic E-state index is -1.10. The molecule has 198 valence electrons. The average Bonchev–Trinajstić information content (AvgIpc) is 3.14. The molecule has 0 saturated carbocycles. The number of piperidine rings is 1. The number of amides is 2. The smallest absolute Gasteiger partial charge is 0.302 e. The molecule has 3 aliphatic heterocycles. The van der Waals surface area contributed by atoms with Crippen LogP contribution in [-0.2, 0) is 24.5 Å². The summed E-state index contributed by atoms with van der Waals surface area (Å²) in [6.07, 6.45) is 0.972. The summed E-state index contributed by atoms with van der Waals surface area (Å²) in [4.78, 5) is 40.6. The van der Waals surface area contributed by atoms with Crippen molar-refractivity contribution in [2.45, 2.75) is 44.1 Å².